The summed E-state index contributed by atoms with van der Waals surface area (Å²) in [4.78, 5) is 11.0. The Morgan fingerprint density at radius 3 is 1.80 bits per heavy atom. The third-order valence-corrected chi connectivity index (χ3v) is 1.93. The first-order valence-corrected chi connectivity index (χ1v) is 4.13. The summed E-state index contributed by atoms with van der Waals surface area (Å²) in [6.45, 7) is 1.07. The van der Waals surface area contributed by atoms with E-state index in [1.54, 1.807) is 0 Å². The van der Waals surface area contributed by atoms with Crippen molar-refractivity contribution in [1.82, 2.24) is 0 Å². The lowest BCUT2D eigenvalue weighted by Gasteiger charge is -2.10. The minimum absolute atomic E-state index is 0.224. The molecule has 0 radical (unpaired) electrons. The molecule has 0 spiro atoms. The highest BCUT2D eigenvalue weighted by Crippen LogP contribution is 2.31. The van der Waals surface area contributed by atoms with Gasteiger partial charge in [-0.1, -0.05) is 0 Å². The average molecular weight is 216 g/mol. The quantitative estimate of drug-likeness (QED) is 0.726. The molecule has 0 N–H and O–H groups in total. The minimum Gasteiger partial charge on any atom is -0.494 e. The Labute approximate surface area is 85.6 Å². The summed E-state index contributed by atoms with van der Waals surface area (Å²) in [5.41, 5.74) is -0.647. The van der Waals surface area contributed by atoms with Gasteiger partial charge in [-0.25, -0.2) is 8.78 Å². The summed E-state index contributed by atoms with van der Waals surface area (Å²) in [6, 6.07) is 1.05. The highest BCUT2D eigenvalue weighted by atomic mass is 19.1. The molecule has 5 heteroatoms. The van der Waals surface area contributed by atoms with Crippen LogP contribution in [0.2, 0.25) is 0 Å². The molecule has 0 aliphatic carbocycles. The first kappa shape index (κ1) is 11.4. The lowest BCUT2D eigenvalue weighted by atomic mass is 10.1. The zero-order valence-corrected chi connectivity index (χ0v) is 8.56. The molecule has 0 fully saturated rings. The first-order valence-electron chi connectivity index (χ1n) is 4.13. The number of hydrogen-bond acceptors (Lipinski definition) is 3. The van der Waals surface area contributed by atoms with Crippen molar-refractivity contribution in [2.75, 3.05) is 14.2 Å². The number of ether oxygens (including phenoxy) is 2. The molecule has 15 heavy (non-hydrogen) atoms. The molecule has 1 aromatic carbocycles. The summed E-state index contributed by atoms with van der Waals surface area (Å²) < 4.78 is 36.2. The lowest BCUT2D eigenvalue weighted by molar-refractivity contribution is 0.100. The number of rotatable bonds is 3. The van der Waals surface area contributed by atoms with Crippen molar-refractivity contribution in [3.05, 3.63) is 23.3 Å². The van der Waals surface area contributed by atoms with Gasteiger partial charge in [0.2, 0.25) is 0 Å². The second-order valence-electron chi connectivity index (χ2n) is 2.84. The van der Waals surface area contributed by atoms with Crippen LogP contribution in [-0.2, 0) is 0 Å². The van der Waals surface area contributed by atoms with E-state index in [9.17, 15) is 13.6 Å². The standard InChI is InChI=1S/C10H10F2O3/c1-5(13)8-9(11)6(14-2)4-7(15-3)10(8)12/h4H,1-3H3. The Hall–Kier alpha value is -1.65. The van der Waals surface area contributed by atoms with Crippen molar-refractivity contribution < 1.29 is 23.0 Å². The van der Waals surface area contributed by atoms with Gasteiger partial charge in [0.05, 0.1) is 19.8 Å². The fraction of sp³-hybridized carbons (Fsp3) is 0.300. The second kappa shape index (κ2) is 4.25. The smallest absolute Gasteiger partial charge is 0.179 e. The van der Waals surface area contributed by atoms with Gasteiger partial charge in [0.1, 0.15) is 0 Å². The van der Waals surface area contributed by atoms with E-state index in [2.05, 4.69) is 9.47 Å². The number of benzene rings is 1. The molecule has 0 bridgehead atoms. The molecule has 3 nitrogen and oxygen atoms in total. The van der Waals surface area contributed by atoms with Crippen LogP contribution in [0.4, 0.5) is 8.78 Å². The van der Waals surface area contributed by atoms with Gasteiger partial charge in [-0.2, -0.15) is 0 Å². The summed E-state index contributed by atoms with van der Waals surface area (Å²) in [7, 11) is 2.44. The van der Waals surface area contributed by atoms with Crippen molar-refractivity contribution in [3.8, 4) is 11.5 Å². The van der Waals surface area contributed by atoms with Crippen LogP contribution in [0.5, 0.6) is 11.5 Å². The predicted octanol–water partition coefficient (Wildman–Crippen LogP) is 2.18. The van der Waals surface area contributed by atoms with Gasteiger partial charge in [-0.15, -0.1) is 0 Å². The van der Waals surface area contributed by atoms with Gasteiger partial charge in [0, 0.05) is 6.07 Å². The van der Waals surface area contributed by atoms with E-state index in [1.807, 2.05) is 0 Å². The van der Waals surface area contributed by atoms with Crippen molar-refractivity contribution in [1.29, 1.82) is 0 Å². The predicted molar refractivity (Wildman–Crippen MR) is 49.5 cm³/mol. The Morgan fingerprint density at radius 2 is 1.53 bits per heavy atom. The van der Waals surface area contributed by atoms with Crippen LogP contribution in [0.1, 0.15) is 17.3 Å². The third kappa shape index (κ3) is 1.91. The lowest BCUT2D eigenvalue weighted by Crippen LogP contribution is -2.06. The van der Waals surface area contributed by atoms with Crippen molar-refractivity contribution >= 4 is 5.78 Å². The van der Waals surface area contributed by atoms with Gasteiger partial charge < -0.3 is 9.47 Å². The van der Waals surface area contributed by atoms with Crippen LogP contribution in [0.3, 0.4) is 0 Å². The molecule has 0 aliphatic rings. The van der Waals surface area contributed by atoms with Gasteiger partial charge >= 0.3 is 0 Å². The molecule has 1 rings (SSSR count). The SMILES string of the molecule is COc1cc(OC)c(F)c(C(C)=O)c1F. The van der Waals surface area contributed by atoms with Crippen LogP contribution in [0.25, 0.3) is 0 Å². The molecule has 0 aromatic heterocycles. The molecule has 0 amide bonds. The summed E-state index contributed by atoms with van der Waals surface area (Å²) >= 11 is 0. The molecule has 0 heterocycles. The van der Waals surface area contributed by atoms with E-state index in [4.69, 9.17) is 0 Å². The highest BCUT2D eigenvalue weighted by molar-refractivity contribution is 5.95. The first-order chi connectivity index (χ1) is 7.02. The van der Waals surface area contributed by atoms with E-state index in [-0.39, 0.29) is 11.5 Å². The van der Waals surface area contributed by atoms with Crippen LogP contribution in [0.15, 0.2) is 6.07 Å². The zero-order chi connectivity index (χ0) is 11.6. The van der Waals surface area contributed by atoms with Crippen molar-refractivity contribution in [3.63, 3.8) is 0 Å². The fourth-order valence-corrected chi connectivity index (χ4v) is 1.19. The number of Topliss-reactive ketones (excluding diaryl/α,β-unsaturated/α-hetero) is 1. The van der Waals surface area contributed by atoms with Crippen LogP contribution >= 0.6 is 0 Å². The van der Waals surface area contributed by atoms with Crippen molar-refractivity contribution in [2.45, 2.75) is 6.92 Å². The number of carbonyl (C=O) groups excluding carboxylic acids is 1. The molecule has 0 aliphatic heterocycles. The second-order valence-corrected chi connectivity index (χ2v) is 2.84. The van der Waals surface area contributed by atoms with Gasteiger partial charge in [-0.3, -0.25) is 4.79 Å². The number of hydrogen-bond donors (Lipinski definition) is 0. The molecule has 1 aromatic rings. The van der Waals surface area contributed by atoms with Crippen LogP contribution in [-0.4, -0.2) is 20.0 Å². The van der Waals surface area contributed by atoms with E-state index in [1.165, 1.54) is 14.2 Å². The van der Waals surface area contributed by atoms with Crippen LogP contribution < -0.4 is 9.47 Å². The fourth-order valence-electron chi connectivity index (χ4n) is 1.19. The largest absolute Gasteiger partial charge is 0.494 e. The Balaban J connectivity index is 3.53. The number of methoxy groups -OCH3 is 2. The molecular formula is C10H10F2O3. The monoisotopic (exact) mass is 216 g/mol. The van der Waals surface area contributed by atoms with Gasteiger partial charge in [-0.05, 0) is 6.92 Å². The Bertz CT molecular complexity index is 374. The number of carbonyl (C=O) groups is 1. The molecule has 0 unspecified atom stereocenters. The molecule has 0 saturated carbocycles. The molecule has 82 valence electrons. The van der Waals surface area contributed by atoms with E-state index in [0.717, 1.165) is 13.0 Å². The van der Waals surface area contributed by atoms with Crippen molar-refractivity contribution in [2.24, 2.45) is 0 Å². The summed E-state index contributed by atoms with van der Waals surface area (Å²) in [6.07, 6.45) is 0. The van der Waals surface area contributed by atoms with E-state index in [0.29, 0.717) is 0 Å². The maximum Gasteiger partial charge on any atom is 0.179 e. The normalized spacial score (nSPS) is 9.93. The molecule has 0 atom stereocenters. The number of halogens is 2. The molecular weight excluding hydrogens is 206 g/mol. The minimum atomic E-state index is -1.01. The zero-order valence-electron chi connectivity index (χ0n) is 8.56. The summed E-state index contributed by atoms with van der Waals surface area (Å²) in [5, 5.41) is 0. The molecule has 0 saturated heterocycles. The number of ketones is 1. The maximum atomic E-state index is 13.5. The topological polar surface area (TPSA) is 35.5 Å². The Morgan fingerprint density at radius 1 is 1.13 bits per heavy atom. The Kier molecular flexibility index (Phi) is 3.24. The average Bonchev–Trinajstić information content (AvgIpc) is 2.18. The van der Waals surface area contributed by atoms with Gasteiger partial charge in [0.15, 0.2) is 28.9 Å². The highest BCUT2D eigenvalue weighted by Gasteiger charge is 2.22. The summed E-state index contributed by atoms with van der Waals surface area (Å²) in [5.74, 6) is -3.19. The van der Waals surface area contributed by atoms with E-state index < -0.39 is 23.0 Å². The van der Waals surface area contributed by atoms with E-state index >= 15 is 0 Å². The maximum absolute atomic E-state index is 13.5. The third-order valence-electron chi connectivity index (χ3n) is 1.93. The van der Waals surface area contributed by atoms with Crippen LogP contribution in [0, 0.1) is 11.6 Å². The van der Waals surface area contributed by atoms with Gasteiger partial charge in [0.25, 0.3) is 0 Å².